The van der Waals surface area contributed by atoms with Crippen molar-refractivity contribution in [2.75, 3.05) is 0 Å². The van der Waals surface area contributed by atoms with E-state index in [0.29, 0.717) is 0 Å². The van der Waals surface area contributed by atoms with E-state index in [0.717, 1.165) is 0 Å². The van der Waals surface area contributed by atoms with Gasteiger partial charge in [-0.3, -0.25) is 10.1 Å². The number of rotatable bonds is 4. The summed E-state index contributed by atoms with van der Waals surface area (Å²) in [6.07, 6.45) is -1.20. The average Bonchev–Trinajstić information content (AvgIpc) is 1.58. The molecule has 0 aromatic carbocycles. The van der Waals surface area contributed by atoms with Gasteiger partial charge in [0.2, 0.25) is 0 Å². The Kier molecular flexibility index (Phi) is 4.92. The fraction of sp³-hybridized carbons (Fsp3) is 0.800. The zero-order valence-corrected chi connectivity index (χ0v) is 7.70. The quantitative estimate of drug-likeness (QED) is 0.291. The lowest BCUT2D eigenvalue weighted by Gasteiger charge is -2.11. The number of nitrogens with one attached hydrogen (secondary N) is 1. The first kappa shape index (κ1) is 10.1. The van der Waals surface area contributed by atoms with E-state index >= 15 is 0 Å². The molecule has 5 heteroatoms. The van der Waals surface area contributed by atoms with Crippen molar-refractivity contribution < 1.29 is 15.0 Å². The second-order valence-electron chi connectivity index (χ2n) is 1.90. The van der Waals surface area contributed by atoms with Gasteiger partial charge in [0.15, 0.2) is 0 Å². The highest BCUT2D eigenvalue weighted by Gasteiger charge is 2.09. The molecule has 0 saturated heterocycles. The van der Waals surface area contributed by atoms with Crippen LogP contribution in [0.1, 0.15) is 13.3 Å². The molecular weight excluding hydrogens is 249 g/mol. The first-order chi connectivity index (χ1) is 4.52. The summed E-state index contributed by atoms with van der Waals surface area (Å²) in [5.41, 5.74) is 0. The first-order valence-electron chi connectivity index (χ1n) is 2.82. The minimum atomic E-state index is -1.00. The summed E-state index contributed by atoms with van der Waals surface area (Å²) in [7, 11) is 0. The first-order valence-corrected chi connectivity index (χ1v) is 4.07. The average molecular weight is 259 g/mol. The number of carboxylic acid groups (broad SMARTS) is 1. The maximum atomic E-state index is 9.99. The highest BCUT2D eigenvalue weighted by Crippen LogP contribution is 1.96. The predicted molar refractivity (Wildman–Crippen MR) is 44.9 cm³/mol. The van der Waals surface area contributed by atoms with E-state index in [-0.39, 0.29) is 10.5 Å². The van der Waals surface area contributed by atoms with Crippen LogP contribution in [0.4, 0.5) is 0 Å². The highest BCUT2D eigenvalue weighted by atomic mass is 127. The molecule has 60 valence electrons. The maximum Gasteiger partial charge on any atom is 0.307 e. The zero-order chi connectivity index (χ0) is 8.15. The highest BCUT2D eigenvalue weighted by molar-refractivity contribution is 14.1. The molecule has 0 saturated carbocycles. The third-order valence-corrected chi connectivity index (χ3v) is 1.15. The normalized spacial score (nSPS) is 16.3. The number of halogens is 1. The van der Waals surface area contributed by atoms with Crippen LogP contribution in [0.15, 0.2) is 0 Å². The second kappa shape index (κ2) is 4.86. The molecule has 0 aromatic rings. The smallest absolute Gasteiger partial charge is 0.307 e. The molecule has 0 aliphatic rings. The van der Waals surface area contributed by atoms with E-state index in [1.165, 1.54) is 0 Å². The van der Waals surface area contributed by atoms with E-state index in [1.807, 2.05) is 29.5 Å². The van der Waals surface area contributed by atoms with E-state index in [2.05, 4.69) is 5.32 Å². The number of aliphatic hydroxyl groups is 1. The van der Waals surface area contributed by atoms with Gasteiger partial charge in [0.05, 0.1) is 10.5 Å². The van der Waals surface area contributed by atoms with Crippen molar-refractivity contribution >= 4 is 28.6 Å². The lowest BCUT2D eigenvalue weighted by molar-refractivity contribution is -0.139. The molecule has 0 aromatic heterocycles. The third kappa shape index (κ3) is 6.24. The molecule has 2 atom stereocenters. The summed E-state index contributed by atoms with van der Waals surface area (Å²) in [6, 6.07) is 0. The standard InChI is InChI=1S/C5H10INO3/c1-3(6)7-4(8)2-5(9)10/h3-4,7-8H,2H2,1H3,(H,9,10). The van der Waals surface area contributed by atoms with Gasteiger partial charge in [-0.25, -0.2) is 0 Å². The van der Waals surface area contributed by atoms with Crippen molar-refractivity contribution in [3.05, 3.63) is 0 Å². The second-order valence-corrected chi connectivity index (χ2v) is 3.76. The minimum absolute atomic E-state index is 0.0759. The summed E-state index contributed by atoms with van der Waals surface area (Å²) < 4.78 is 0.0759. The van der Waals surface area contributed by atoms with Crippen LogP contribution in [0.2, 0.25) is 0 Å². The molecule has 3 N–H and O–H groups in total. The van der Waals surface area contributed by atoms with Gasteiger partial charge in [0.25, 0.3) is 0 Å². The van der Waals surface area contributed by atoms with Crippen LogP contribution in [-0.2, 0) is 4.79 Å². The maximum absolute atomic E-state index is 9.99. The number of hydrogen-bond donors (Lipinski definition) is 3. The van der Waals surface area contributed by atoms with Gasteiger partial charge in [0.1, 0.15) is 6.23 Å². The van der Waals surface area contributed by atoms with Crippen LogP contribution in [0.25, 0.3) is 0 Å². The molecule has 0 rings (SSSR count). The predicted octanol–water partition coefficient (Wildman–Crippen LogP) is 0.150. The Bertz CT molecular complexity index is 117. The molecule has 2 unspecified atom stereocenters. The lowest BCUT2D eigenvalue weighted by atomic mass is 10.4. The molecule has 0 spiro atoms. The summed E-state index contributed by atoms with van der Waals surface area (Å²) in [6.45, 7) is 1.83. The molecule has 0 bridgehead atoms. The molecule has 4 nitrogen and oxygen atoms in total. The summed E-state index contributed by atoms with van der Waals surface area (Å²) >= 11 is 2.04. The van der Waals surface area contributed by atoms with E-state index in [4.69, 9.17) is 10.2 Å². The van der Waals surface area contributed by atoms with E-state index in [9.17, 15) is 4.79 Å². The van der Waals surface area contributed by atoms with Crippen molar-refractivity contribution in [1.29, 1.82) is 0 Å². The van der Waals surface area contributed by atoms with E-state index in [1.54, 1.807) is 0 Å². The number of alkyl halides is 1. The summed E-state index contributed by atoms with van der Waals surface area (Å²) in [4.78, 5) is 9.99. The number of carbonyl (C=O) groups is 1. The Balaban J connectivity index is 3.43. The van der Waals surface area contributed by atoms with Crippen LogP contribution in [0, 0.1) is 0 Å². The SMILES string of the molecule is CC(I)NC(O)CC(=O)O. The van der Waals surface area contributed by atoms with Gasteiger partial charge in [0, 0.05) is 0 Å². The Hall–Kier alpha value is 0.120. The van der Waals surface area contributed by atoms with Crippen LogP contribution < -0.4 is 5.32 Å². The van der Waals surface area contributed by atoms with Crippen LogP contribution in [-0.4, -0.2) is 26.5 Å². The molecule has 0 amide bonds. The Morgan fingerprint density at radius 3 is 2.60 bits per heavy atom. The Morgan fingerprint density at radius 2 is 2.30 bits per heavy atom. The van der Waals surface area contributed by atoms with Gasteiger partial charge < -0.3 is 10.2 Å². The summed E-state index contributed by atoms with van der Waals surface area (Å²) in [5, 5.41) is 19.7. The Labute approximate surface area is 72.8 Å². The monoisotopic (exact) mass is 259 g/mol. The van der Waals surface area contributed by atoms with Gasteiger partial charge >= 0.3 is 5.97 Å². The molecule has 0 aliphatic carbocycles. The number of aliphatic hydroxyl groups excluding tert-OH is 1. The fourth-order valence-corrected chi connectivity index (χ4v) is 0.905. The van der Waals surface area contributed by atoms with Crippen LogP contribution >= 0.6 is 22.6 Å². The van der Waals surface area contributed by atoms with Crippen LogP contribution in [0.5, 0.6) is 0 Å². The van der Waals surface area contributed by atoms with Gasteiger partial charge in [-0.15, -0.1) is 0 Å². The molecule has 0 radical (unpaired) electrons. The molecule has 0 heterocycles. The molecule has 10 heavy (non-hydrogen) atoms. The van der Waals surface area contributed by atoms with Gasteiger partial charge in [-0.1, -0.05) is 22.6 Å². The number of hydrogen-bond acceptors (Lipinski definition) is 3. The minimum Gasteiger partial charge on any atom is -0.481 e. The van der Waals surface area contributed by atoms with Crippen molar-refractivity contribution in [2.24, 2.45) is 0 Å². The van der Waals surface area contributed by atoms with Crippen molar-refractivity contribution in [2.45, 2.75) is 23.6 Å². The molecular formula is C5H10INO3. The fourth-order valence-electron chi connectivity index (χ4n) is 0.489. The van der Waals surface area contributed by atoms with E-state index < -0.39 is 12.2 Å². The van der Waals surface area contributed by atoms with Crippen molar-refractivity contribution in [3.8, 4) is 0 Å². The Morgan fingerprint density at radius 1 is 1.80 bits per heavy atom. The summed E-state index contributed by atoms with van der Waals surface area (Å²) in [5.74, 6) is -1.00. The lowest BCUT2D eigenvalue weighted by Crippen LogP contribution is -2.34. The topological polar surface area (TPSA) is 69.6 Å². The third-order valence-electron chi connectivity index (χ3n) is 0.790. The molecule has 0 aliphatic heterocycles. The van der Waals surface area contributed by atoms with Crippen molar-refractivity contribution in [1.82, 2.24) is 5.32 Å². The van der Waals surface area contributed by atoms with Gasteiger partial charge in [-0.2, -0.15) is 0 Å². The number of aliphatic carboxylic acids is 1. The van der Waals surface area contributed by atoms with Gasteiger partial charge in [-0.05, 0) is 6.92 Å². The molecule has 0 fully saturated rings. The van der Waals surface area contributed by atoms with Crippen LogP contribution in [0.3, 0.4) is 0 Å². The number of carboxylic acids is 1. The van der Waals surface area contributed by atoms with Crippen molar-refractivity contribution in [3.63, 3.8) is 0 Å². The largest absolute Gasteiger partial charge is 0.481 e. The zero-order valence-electron chi connectivity index (χ0n) is 5.54.